The Morgan fingerprint density at radius 1 is 1.13 bits per heavy atom. The number of nitrogens with zero attached hydrogens (tertiary/aromatic N) is 6. The van der Waals surface area contributed by atoms with Gasteiger partial charge in [-0.2, -0.15) is 0 Å². The van der Waals surface area contributed by atoms with Gasteiger partial charge in [0.1, 0.15) is 12.4 Å². The molecule has 0 bridgehead atoms. The molecule has 166 valence electrons. The van der Waals surface area contributed by atoms with E-state index in [-0.39, 0.29) is 0 Å². The fraction of sp³-hybridized carbons (Fsp3) is 0.455. The summed E-state index contributed by atoms with van der Waals surface area (Å²) < 4.78 is 1.97. The standard InChI is InChI=1S/C22H32N8S/c1-17-27-28-21(30(17)4)15-25-22(24-13-11-19-16-31-18(2)26-19)23-12-8-14-29(3)20-9-6-5-7-10-20/h5-7,9-10,16H,8,11-15H2,1-4H3,(H2,23,24,25). The zero-order chi connectivity index (χ0) is 22.1. The molecule has 0 radical (unpaired) electrons. The Labute approximate surface area is 188 Å². The Morgan fingerprint density at radius 3 is 2.58 bits per heavy atom. The van der Waals surface area contributed by atoms with Crippen molar-refractivity contribution < 1.29 is 0 Å². The van der Waals surface area contributed by atoms with Crippen molar-refractivity contribution in [1.29, 1.82) is 0 Å². The molecule has 1 aromatic carbocycles. The number of aromatic nitrogens is 4. The van der Waals surface area contributed by atoms with Crippen LogP contribution in [0.5, 0.6) is 0 Å². The quantitative estimate of drug-likeness (QED) is 0.287. The van der Waals surface area contributed by atoms with Crippen LogP contribution in [0.4, 0.5) is 5.69 Å². The second-order valence-corrected chi connectivity index (χ2v) is 8.52. The molecule has 0 atom stereocenters. The number of hydrogen-bond donors (Lipinski definition) is 2. The highest BCUT2D eigenvalue weighted by Crippen LogP contribution is 2.11. The Hall–Kier alpha value is -2.94. The lowest BCUT2D eigenvalue weighted by Crippen LogP contribution is -2.39. The van der Waals surface area contributed by atoms with Crippen molar-refractivity contribution >= 4 is 23.0 Å². The number of hydrogen-bond acceptors (Lipinski definition) is 6. The third-order valence-electron chi connectivity index (χ3n) is 5.06. The van der Waals surface area contributed by atoms with E-state index in [1.54, 1.807) is 11.3 Å². The van der Waals surface area contributed by atoms with E-state index in [9.17, 15) is 0 Å². The van der Waals surface area contributed by atoms with Gasteiger partial charge in [0.15, 0.2) is 11.8 Å². The summed E-state index contributed by atoms with van der Waals surface area (Å²) in [6.07, 6.45) is 1.87. The van der Waals surface area contributed by atoms with Crippen LogP contribution >= 0.6 is 11.3 Å². The van der Waals surface area contributed by atoms with Crippen molar-refractivity contribution in [3.05, 3.63) is 58.1 Å². The van der Waals surface area contributed by atoms with Gasteiger partial charge >= 0.3 is 0 Å². The molecule has 0 aliphatic heterocycles. The number of anilines is 1. The largest absolute Gasteiger partial charge is 0.375 e. The Morgan fingerprint density at radius 2 is 1.90 bits per heavy atom. The summed E-state index contributed by atoms with van der Waals surface area (Å²) >= 11 is 1.68. The molecule has 31 heavy (non-hydrogen) atoms. The molecule has 0 fully saturated rings. The summed E-state index contributed by atoms with van der Waals surface area (Å²) in [6, 6.07) is 10.4. The molecular formula is C22H32N8S. The average Bonchev–Trinajstić information content (AvgIpc) is 3.34. The molecule has 9 heteroatoms. The Bertz CT molecular complexity index is 963. The fourth-order valence-corrected chi connectivity index (χ4v) is 3.73. The predicted octanol–water partition coefficient (Wildman–Crippen LogP) is 2.69. The Balaban J connectivity index is 1.51. The molecule has 0 aliphatic carbocycles. The van der Waals surface area contributed by atoms with Crippen LogP contribution < -0.4 is 15.5 Å². The number of aliphatic imine (C=N–C) groups is 1. The van der Waals surface area contributed by atoms with E-state index in [2.05, 4.69) is 67.4 Å². The summed E-state index contributed by atoms with van der Waals surface area (Å²) in [5.74, 6) is 2.52. The van der Waals surface area contributed by atoms with E-state index in [0.717, 1.165) is 60.8 Å². The molecule has 2 heterocycles. The molecule has 0 unspecified atom stereocenters. The highest BCUT2D eigenvalue weighted by molar-refractivity contribution is 7.09. The molecule has 0 saturated carbocycles. The van der Waals surface area contributed by atoms with Crippen LogP contribution in [0, 0.1) is 13.8 Å². The van der Waals surface area contributed by atoms with Crippen molar-refractivity contribution in [2.45, 2.75) is 33.2 Å². The lowest BCUT2D eigenvalue weighted by Gasteiger charge is -2.19. The van der Waals surface area contributed by atoms with Crippen LogP contribution in [-0.4, -0.2) is 52.4 Å². The van der Waals surface area contributed by atoms with Crippen molar-refractivity contribution in [2.24, 2.45) is 12.0 Å². The number of thiazole rings is 1. The van der Waals surface area contributed by atoms with Gasteiger partial charge in [-0.1, -0.05) is 18.2 Å². The van der Waals surface area contributed by atoms with E-state index < -0.39 is 0 Å². The lowest BCUT2D eigenvalue weighted by molar-refractivity contribution is 0.714. The molecule has 0 spiro atoms. The zero-order valence-electron chi connectivity index (χ0n) is 18.8. The van der Waals surface area contributed by atoms with Gasteiger partial charge in [-0.05, 0) is 32.4 Å². The van der Waals surface area contributed by atoms with Gasteiger partial charge in [0.2, 0.25) is 0 Å². The summed E-state index contributed by atoms with van der Waals surface area (Å²) in [4.78, 5) is 11.5. The third-order valence-corrected chi connectivity index (χ3v) is 5.88. The molecule has 0 saturated heterocycles. The van der Waals surface area contributed by atoms with Gasteiger partial charge in [-0.15, -0.1) is 21.5 Å². The topological polar surface area (TPSA) is 83.3 Å². The van der Waals surface area contributed by atoms with E-state index >= 15 is 0 Å². The van der Waals surface area contributed by atoms with E-state index in [0.29, 0.717) is 6.54 Å². The monoisotopic (exact) mass is 440 g/mol. The first-order valence-electron chi connectivity index (χ1n) is 10.6. The van der Waals surface area contributed by atoms with Gasteiger partial charge in [0.25, 0.3) is 0 Å². The molecule has 0 amide bonds. The number of guanidine groups is 1. The van der Waals surface area contributed by atoms with Gasteiger partial charge < -0.3 is 20.1 Å². The zero-order valence-corrected chi connectivity index (χ0v) is 19.6. The molecule has 0 aliphatic rings. The molecule has 2 aromatic heterocycles. The molecular weight excluding hydrogens is 408 g/mol. The van der Waals surface area contributed by atoms with Crippen molar-refractivity contribution in [1.82, 2.24) is 30.4 Å². The second-order valence-electron chi connectivity index (χ2n) is 7.46. The van der Waals surface area contributed by atoms with Crippen LogP contribution in [0.15, 0.2) is 40.7 Å². The maximum atomic E-state index is 4.72. The molecule has 3 aromatic rings. The van der Waals surface area contributed by atoms with Crippen LogP contribution in [0.1, 0.15) is 28.8 Å². The van der Waals surface area contributed by atoms with E-state index in [1.165, 1.54) is 5.69 Å². The minimum Gasteiger partial charge on any atom is -0.375 e. The highest BCUT2D eigenvalue weighted by Gasteiger charge is 2.06. The summed E-state index contributed by atoms with van der Waals surface area (Å²) in [5, 5.41) is 18.4. The Kier molecular flexibility index (Phi) is 8.40. The van der Waals surface area contributed by atoms with Gasteiger partial charge in [0.05, 0.1) is 10.7 Å². The molecule has 8 nitrogen and oxygen atoms in total. The van der Waals surface area contributed by atoms with Crippen LogP contribution in [0.3, 0.4) is 0 Å². The SMILES string of the molecule is Cc1nc(CCNC(=NCc2nnc(C)n2C)NCCCN(C)c2ccccc2)cs1. The van der Waals surface area contributed by atoms with E-state index in [1.807, 2.05) is 31.5 Å². The normalized spacial score (nSPS) is 11.5. The van der Waals surface area contributed by atoms with Gasteiger partial charge in [0, 0.05) is 51.2 Å². The lowest BCUT2D eigenvalue weighted by atomic mass is 10.3. The second kappa shape index (κ2) is 11.5. The number of para-hydroxylation sites is 1. The first-order valence-corrected chi connectivity index (χ1v) is 11.4. The number of aryl methyl sites for hydroxylation is 2. The maximum absolute atomic E-state index is 4.72. The third kappa shape index (κ3) is 7.06. The van der Waals surface area contributed by atoms with Crippen molar-refractivity contribution in [2.75, 3.05) is 31.6 Å². The van der Waals surface area contributed by atoms with Crippen LogP contribution in [0.25, 0.3) is 0 Å². The molecule has 2 N–H and O–H groups in total. The predicted molar refractivity (Wildman–Crippen MR) is 128 cm³/mol. The first kappa shape index (κ1) is 22.7. The van der Waals surface area contributed by atoms with Crippen molar-refractivity contribution in [3.63, 3.8) is 0 Å². The van der Waals surface area contributed by atoms with E-state index in [4.69, 9.17) is 4.99 Å². The summed E-state index contributed by atoms with van der Waals surface area (Å²) in [5.41, 5.74) is 2.34. The number of nitrogens with one attached hydrogen (secondary N) is 2. The highest BCUT2D eigenvalue weighted by atomic mass is 32.1. The fourth-order valence-electron chi connectivity index (χ4n) is 3.08. The summed E-state index contributed by atoms with van der Waals surface area (Å²) in [7, 11) is 4.08. The van der Waals surface area contributed by atoms with Crippen molar-refractivity contribution in [3.8, 4) is 0 Å². The summed E-state index contributed by atoms with van der Waals surface area (Å²) in [6.45, 7) is 7.02. The smallest absolute Gasteiger partial charge is 0.191 e. The molecule has 3 rings (SSSR count). The average molecular weight is 441 g/mol. The van der Waals surface area contributed by atoms with Crippen LogP contribution in [0.2, 0.25) is 0 Å². The first-order chi connectivity index (χ1) is 15.0. The minimum atomic E-state index is 0.479. The van der Waals surface area contributed by atoms with Gasteiger partial charge in [-0.3, -0.25) is 0 Å². The number of rotatable bonds is 10. The van der Waals surface area contributed by atoms with Gasteiger partial charge in [-0.25, -0.2) is 9.98 Å². The minimum absolute atomic E-state index is 0.479. The number of benzene rings is 1. The maximum Gasteiger partial charge on any atom is 0.191 e. The van der Waals surface area contributed by atoms with Crippen LogP contribution in [-0.2, 0) is 20.0 Å².